The Hall–Kier alpha value is -0.340. The van der Waals surface area contributed by atoms with Gasteiger partial charge in [0.25, 0.3) is 0 Å². The van der Waals surface area contributed by atoms with E-state index >= 15 is 0 Å². The van der Waals surface area contributed by atoms with Crippen LogP contribution in [0, 0.1) is 5.92 Å². The molecule has 0 heterocycles. The van der Waals surface area contributed by atoms with E-state index in [9.17, 15) is 5.11 Å². The van der Waals surface area contributed by atoms with Crippen LogP contribution in [0.15, 0.2) is 28.7 Å². The van der Waals surface area contributed by atoms with Gasteiger partial charge in [-0.05, 0) is 30.4 Å². The summed E-state index contributed by atoms with van der Waals surface area (Å²) in [5.41, 5.74) is 1.27. The maximum absolute atomic E-state index is 9.64. The summed E-state index contributed by atoms with van der Waals surface area (Å²) in [6.45, 7) is 0.271. The van der Waals surface area contributed by atoms with Gasteiger partial charge >= 0.3 is 0 Å². The second kappa shape index (κ2) is 5.83. The lowest BCUT2D eigenvalue weighted by molar-refractivity contribution is 0.196. The molecule has 2 heteroatoms. The third-order valence-electron chi connectivity index (χ3n) is 3.72. The SMILES string of the molecule is OCC(c1ccccc1Br)C1CCCCC1. The number of halogens is 1. The van der Waals surface area contributed by atoms with Crippen LogP contribution in [0.4, 0.5) is 0 Å². The van der Waals surface area contributed by atoms with Crippen molar-refractivity contribution in [2.75, 3.05) is 6.61 Å². The molecule has 0 bridgehead atoms. The van der Waals surface area contributed by atoms with E-state index in [2.05, 4.69) is 34.1 Å². The summed E-state index contributed by atoms with van der Waals surface area (Å²) in [5, 5.41) is 9.64. The van der Waals surface area contributed by atoms with E-state index in [1.54, 1.807) is 0 Å². The van der Waals surface area contributed by atoms with Crippen LogP contribution in [-0.2, 0) is 0 Å². The Morgan fingerprint density at radius 2 is 1.88 bits per heavy atom. The van der Waals surface area contributed by atoms with E-state index in [4.69, 9.17) is 0 Å². The quantitative estimate of drug-likeness (QED) is 0.885. The molecule has 1 fully saturated rings. The highest BCUT2D eigenvalue weighted by molar-refractivity contribution is 9.10. The Kier molecular flexibility index (Phi) is 4.42. The van der Waals surface area contributed by atoms with Crippen molar-refractivity contribution < 1.29 is 5.11 Å². The van der Waals surface area contributed by atoms with Crippen molar-refractivity contribution in [2.45, 2.75) is 38.0 Å². The summed E-state index contributed by atoms with van der Waals surface area (Å²) in [7, 11) is 0. The van der Waals surface area contributed by atoms with Gasteiger partial charge < -0.3 is 5.11 Å². The van der Waals surface area contributed by atoms with Crippen molar-refractivity contribution in [1.29, 1.82) is 0 Å². The highest BCUT2D eigenvalue weighted by atomic mass is 79.9. The van der Waals surface area contributed by atoms with Crippen LogP contribution >= 0.6 is 15.9 Å². The fourth-order valence-corrected chi connectivity index (χ4v) is 3.39. The second-order valence-corrected chi connectivity index (χ2v) is 5.56. The number of hydrogen-bond donors (Lipinski definition) is 1. The Morgan fingerprint density at radius 3 is 2.50 bits per heavy atom. The number of benzene rings is 1. The molecule has 1 unspecified atom stereocenters. The largest absolute Gasteiger partial charge is 0.396 e. The summed E-state index contributed by atoms with van der Waals surface area (Å²) in [4.78, 5) is 0. The lowest BCUT2D eigenvalue weighted by Crippen LogP contribution is -2.19. The minimum atomic E-state index is 0.271. The number of aliphatic hydroxyl groups is 1. The van der Waals surface area contributed by atoms with E-state index in [1.807, 2.05) is 6.07 Å². The van der Waals surface area contributed by atoms with Gasteiger partial charge in [0, 0.05) is 10.4 Å². The minimum absolute atomic E-state index is 0.271. The molecule has 88 valence electrons. The average molecular weight is 283 g/mol. The van der Waals surface area contributed by atoms with Crippen LogP contribution in [0.25, 0.3) is 0 Å². The normalized spacial score (nSPS) is 19.6. The lowest BCUT2D eigenvalue weighted by atomic mass is 9.77. The zero-order chi connectivity index (χ0) is 11.4. The van der Waals surface area contributed by atoms with Gasteiger partial charge in [0.1, 0.15) is 0 Å². The minimum Gasteiger partial charge on any atom is -0.396 e. The van der Waals surface area contributed by atoms with Gasteiger partial charge in [0.05, 0.1) is 6.61 Å². The predicted molar refractivity (Wildman–Crippen MR) is 70.5 cm³/mol. The van der Waals surface area contributed by atoms with Crippen LogP contribution in [-0.4, -0.2) is 11.7 Å². The fraction of sp³-hybridized carbons (Fsp3) is 0.571. The van der Waals surface area contributed by atoms with E-state index < -0.39 is 0 Å². The number of hydrogen-bond acceptors (Lipinski definition) is 1. The molecule has 1 saturated carbocycles. The molecule has 1 N–H and O–H groups in total. The van der Waals surface area contributed by atoms with E-state index in [0.29, 0.717) is 11.8 Å². The molecular formula is C14H19BrO. The molecule has 1 aliphatic rings. The Labute approximate surface area is 106 Å². The Balaban J connectivity index is 2.18. The van der Waals surface area contributed by atoms with Crippen LogP contribution < -0.4 is 0 Å². The first-order valence-electron chi connectivity index (χ1n) is 6.18. The average Bonchev–Trinajstić information content (AvgIpc) is 2.34. The van der Waals surface area contributed by atoms with Crippen molar-refractivity contribution in [3.63, 3.8) is 0 Å². The first-order valence-corrected chi connectivity index (χ1v) is 6.97. The van der Waals surface area contributed by atoms with Crippen molar-refractivity contribution in [3.05, 3.63) is 34.3 Å². The first-order chi connectivity index (χ1) is 7.83. The summed E-state index contributed by atoms with van der Waals surface area (Å²) < 4.78 is 1.14. The summed E-state index contributed by atoms with van der Waals surface area (Å²) in [6.07, 6.45) is 6.56. The van der Waals surface area contributed by atoms with Crippen molar-refractivity contribution in [2.24, 2.45) is 5.92 Å². The molecule has 0 aliphatic heterocycles. The van der Waals surface area contributed by atoms with Gasteiger partial charge in [-0.25, -0.2) is 0 Å². The monoisotopic (exact) mass is 282 g/mol. The summed E-state index contributed by atoms with van der Waals surface area (Å²) in [6, 6.07) is 8.30. The molecule has 0 amide bonds. The molecule has 16 heavy (non-hydrogen) atoms. The predicted octanol–water partition coefficient (Wildman–Crippen LogP) is 4.11. The van der Waals surface area contributed by atoms with Crippen molar-refractivity contribution >= 4 is 15.9 Å². The van der Waals surface area contributed by atoms with Crippen LogP contribution in [0.2, 0.25) is 0 Å². The van der Waals surface area contributed by atoms with E-state index in [1.165, 1.54) is 37.7 Å². The zero-order valence-corrected chi connectivity index (χ0v) is 11.1. The maximum atomic E-state index is 9.64. The molecular weight excluding hydrogens is 264 g/mol. The van der Waals surface area contributed by atoms with Crippen LogP contribution in [0.3, 0.4) is 0 Å². The second-order valence-electron chi connectivity index (χ2n) is 4.71. The maximum Gasteiger partial charge on any atom is 0.0502 e. The van der Waals surface area contributed by atoms with Crippen molar-refractivity contribution in [1.82, 2.24) is 0 Å². The van der Waals surface area contributed by atoms with Gasteiger partial charge in [0.15, 0.2) is 0 Å². The highest BCUT2D eigenvalue weighted by Gasteiger charge is 2.25. The molecule has 1 aliphatic carbocycles. The zero-order valence-electron chi connectivity index (χ0n) is 9.53. The molecule has 0 radical (unpaired) electrons. The number of rotatable bonds is 3. The van der Waals surface area contributed by atoms with Gasteiger partial charge in [-0.3, -0.25) is 0 Å². The Morgan fingerprint density at radius 1 is 1.19 bits per heavy atom. The number of aliphatic hydroxyl groups excluding tert-OH is 1. The van der Waals surface area contributed by atoms with Crippen LogP contribution in [0.1, 0.15) is 43.6 Å². The third-order valence-corrected chi connectivity index (χ3v) is 4.44. The van der Waals surface area contributed by atoms with Gasteiger partial charge in [0.2, 0.25) is 0 Å². The standard InChI is InChI=1S/C14H19BrO/c15-14-9-5-4-8-12(14)13(10-16)11-6-2-1-3-7-11/h4-5,8-9,11,13,16H,1-3,6-7,10H2. The third kappa shape index (κ3) is 2.67. The van der Waals surface area contributed by atoms with Gasteiger partial charge in [-0.1, -0.05) is 53.4 Å². The fourth-order valence-electron chi connectivity index (χ4n) is 2.81. The van der Waals surface area contributed by atoms with E-state index in [-0.39, 0.29) is 6.61 Å². The summed E-state index contributed by atoms with van der Waals surface area (Å²) >= 11 is 3.59. The Bertz CT molecular complexity index is 331. The molecule has 0 aromatic heterocycles. The van der Waals surface area contributed by atoms with Gasteiger partial charge in [-0.2, -0.15) is 0 Å². The van der Waals surface area contributed by atoms with Crippen molar-refractivity contribution in [3.8, 4) is 0 Å². The molecule has 1 aromatic rings. The van der Waals surface area contributed by atoms with Crippen LogP contribution in [0.5, 0.6) is 0 Å². The smallest absolute Gasteiger partial charge is 0.0502 e. The van der Waals surface area contributed by atoms with E-state index in [0.717, 1.165) is 4.47 Å². The molecule has 2 rings (SSSR count). The lowest BCUT2D eigenvalue weighted by Gasteiger charge is -2.29. The molecule has 1 nitrogen and oxygen atoms in total. The molecule has 0 saturated heterocycles. The molecule has 1 atom stereocenters. The van der Waals surface area contributed by atoms with Gasteiger partial charge in [-0.15, -0.1) is 0 Å². The first kappa shape index (κ1) is 12.1. The summed E-state index contributed by atoms with van der Waals surface area (Å²) in [5.74, 6) is 0.980. The highest BCUT2D eigenvalue weighted by Crippen LogP contribution is 2.38. The topological polar surface area (TPSA) is 20.2 Å². The molecule has 1 aromatic carbocycles. The molecule has 0 spiro atoms.